The Morgan fingerprint density at radius 2 is 1.95 bits per heavy atom. The zero-order valence-electron chi connectivity index (χ0n) is 12.1. The second kappa shape index (κ2) is 6.48. The van der Waals surface area contributed by atoms with Gasteiger partial charge in [-0.25, -0.2) is 4.98 Å². The molecular formula is C15H15F3N2OS. The SMILES string of the molecule is CC(Cc1ccc(C(F)(F)F)cc1)C(=O)N(C)c1nccs1. The molecule has 0 saturated carbocycles. The summed E-state index contributed by atoms with van der Waals surface area (Å²) in [6.07, 6.45) is -2.35. The maximum absolute atomic E-state index is 12.5. The van der Waals surface area contributed by atoms with E-state index in [0.29, 0.717) is 17.1 Å². The lowest BCUT2D eigenvalue weighted by Crippen LogP contribution is -2.32. The minimum absolute atomic E-state index is 0.116. The summed E-state index contributed by atoms with van der Waals surface area (Å²) in [5.41, 5.74) is 0.0107. The van der Waals surface area contributed by atoms with Crippen LogP contribution in [-0.4, -0.2) is 17.9 Å². The molecule has 1 atom stereocenters. The van der Waals surface area contributed by atoms with E-state index in [-0.39, 0.29) is 11.8 Å². The van der Waals surface area contributed by atoms with Gasteiger partial charge in [0.1, 0.15) is 0 Å². The molecule has 1 heterocycles. The Balaban J connectivity index is 2.02. The van der Waals surface area contributed by atoms with Gasteiger partial charge in [0.15, 0.2) is 5.13 Å². The van der Waals surface area contributed by atoms with Gasteiger partial charge in [0, 0.05) is 24.5 Å². The number of nitrogens with zero attached hydrogens (tertiary/aromatic N) is 2. The van der Waals surface area contributed by atoms with Crippen LogP contribution in [0.25, 0.3) is 0 Å². The number of aromatic nitrogens is 1. The van der Waals surface area contributed by atoms with Gasteiger partial charge in [-0.2, -0.15) is 13.2 Å². The van der Waals surface area contributed by atoms with Crippen LogP contribution in [0, 0.1) is 5.92 Å². The summed E-state index contributed by atoms with van der Waals surface area (Å²) in [4.78, 5) is 17.8. The second-order valence-corrected chi connectivity index (χ2v) is 5.88. The smallest absolute Gasteiger partial charge is 0.291 e. The van der Waals surface area contributed by atoms with Crippen molar-refractivity contribution in [3.63, 3.8) is 0 Å². The van der Waals surface area contributed by atoms with E-state index in [2.05, 4.69) is 4.98 Å². The first-order valence-corrected chi connectivity index (χ1v) is 7.50. The van der Waals surface area contributed by atoms with Gasteiger partial charge in [-0.1, -0.05) is 19.1 Å². The van der Waals surface area contributed by atoms with Crippen molar-refractivity contribution in [1.82, 2.24) is 4.98 Å². The molecule has 0 spiro atoms. The average Bonchev–Trinajstić information content (AvgIpc) is 2.99. The van der Waals surface area contributed by atoms with Crippen LogP contribution in [0.2, 0.25) is 0 Å². The van der Waals surface area contributed by atoms with E-state index in [0.717, 1.165) is 12.1 Å². The lowest BCUT2D eigenvalue weighted by atomic mass is 9.99. The van der Waals surface area contributed by atoms with Gasteiger partial charge in [-0.3, -0.25) is 9.69 Å². The fourth-order valence-corrected chi connectivity index (χ4v) is 2.69. The molecule has 0 aliphatic carbocycles. The van der Waals surface area contributed by atoms with E-state index < -0.39 is 11.7 Å². The summed E-state index contributed by atoms with van der Waals surface area (Å²) >= 11 is 1.36. The van der Waals surface area contributed by atoms with Gasteiger partial charge in [0.05, 0.1) is 5.56 Å². The van der Waals surface area contributed by atoms with E-state index in [9.17, 15) is 18.0 Å². The molecular weight excluding hydrogens is 313 g/mol. The minimum Gasteiger partial charge on any atom is -0.291 e. The third-order valence-electron chi connectivity index (χ3n) is 3.28. The van der Waals surface area contributed by atoms with E-state index in [1.165, 1.54) is 28.4 Å². The summed E-state index contributed by atoms with van der Waals surface area (Å²) < 4.78 is 37.5. The Bertz CT molecular complexity index is 623. The quantitative estimate of drug-likeness (QED) is 0.850. The average molecular weight is 328 g/mol. The molecule has 118 valence electrons. The van der Waals surface area contributed by atoms with Crippen molar-refractivity contribution < 1.29 is 18.0 Å². The van der Waals surface area contributed by atoms with Crippen LogP contribution in [0.5, 0.6) is 0 Å². The standard InChI is InChI=1S/C15H15F3N2OS/c1-10(13(21)20(2)14-19-7-8-22-14)9-11-3-5-12(6-4-11)15(16,17)18/h3-8,10H,9H2,1-2H3. The lowest BCUT2D eigenvalue weighted by Gasteiger charge is -2.19. The highest BCUT2D eigenvalue weighted by atomic mass is 32.1. The Labute approximate surface area is 130 Å². The van der Waals surface area contributed by atoms with Crippen molar-refractivity contribution in [2.75, 3.05) is 11.9 Å². The van der Waals surface area contributed by atoms with Crippen LogP contribution in [-0.2, 0) is 17.4 Å². The van der Waals surface area contributed by atoms with Gasteiger partial charge in [0.25, 0.3) is 0 Å². The maximum Gasteiger partial charge on any atom is 0.416 e. The molecule has 0 saturated heterocycles. The van der Waals surface area contributed by atoms with Crippen LogP contribution < -0.4 is 4.90 Å². The van der Waals surface area contributed by atoms with Crippen molar-refractivity contribution in [2.45, 2.75) is 19.5 Å². The molecule has 0 N–H and O–H groups in total. The highest BCUT2D eigenvalue weighted by Crippen LogP contribution is 2.29. The molecule has 3 nitrogen and oxygen atoms in total. The van der Waals surface area contributed by atoms with Gasteiger partial charge in [0.2, 0.25) is 5.91 Å². The molecule has 2 aromatic rings. The number of carbonyl (C=O) groups excluding carboxylic acids is 1. The highest BCUT2D eigenvalue weighted by molar-refractivity contribution is 7.13. The summed E-state index contributed by atoms with van der Waals surface area (Å²) in [7, 11) is 1.64. The molecule has 0 radical (unpaired) electrons. The number of hydrogen-bond acceptors (Lipinski definition) is 3. The number of carbonyl (C=O) groups is 1. The maximum atomic E-state index is 12.5. The third-order valence-corrected chi connectivity index (χ3v) is 4.13. The van der Waals surface area contributed by atoms with Crippen LogP contribution >= 0.6 is 11.3 Å². The van der Waals surface area contributed by atoms with Crippen LogP contribution in [0.3, 0.4) is 0 Å². The number of thiazole rings is 1. The third kappa shape index (κ3) is 3.85. The van der Waals surface area contributed by atoms with Crippen molar-refractivity contribution in [1.29, 1.82) is 0 Å². The Kier molecular flexibility index (Phi) is 4.85. The van der Waals surface area contributed by atoms with Crippen molar-refractivity contribution in [2.24, 2.45) is 5.92 Å². The molecule has 1 amide bonds. The van der Waals surface area contributed by atoms with Crippen molar-refractivity contribution in [3.8, 4) is 0 Å². The lowest BCUT2D eigenvalue weighted by molar-refractivity contribution is -0.137. The Morgan fingerprint density at radius 3 is 2.45 bits per heavy atom. The minimum atomic E-state index is -4.34. The number of alkyl halides is 3. The normalized spacial score (nSPS) is 13.0. The van der Waals surface area contributed by atoms with E-state index >= 15 is 0 Å². The number of benzene rings is 1. The topological polar surface area (TPSA) is 33.2 Å². The van der Waals surface area contributed by atoms with Gasteiger partial charge >= 0.3 is 6.18 Å². The molecule has 0 aliphatic heterocycles. The molecule has 2 rings (SSSR count). The molecule has 22 heavy (non-hydrogen) atoms. The molecule has 7 heteroatoms. The monoisotopic (exact) mass is 328 g/mol. The number of hydrogen-bond donors (Lipinski definition) is 0. The summed E-state index contributed by atoms with van der Waals surface area (Å²) in [6, 6.07) is 4.90. The van der Waals surface area contributed by atoms with Crippen LogP contribution in [0.4, 0.5) is 18.3 Å². The van der Waals surface area contributed by atoms with Gasteiger partial charge in [-0.05, 0) is 24.1 Å². The van der Waals surface area contributed by atoms with E-state index in [1.54, 1.807) is 25.5 Å². The van der Waals surface area contributed by atoms with E-state index in [4.69, 9.17) is 0 Å². The Hall–Kier alpha value is -1.89. The number of halogens is 3. The summed E-state index contributed by atoms with van der Waals surface area (Å²) in [6.45, 7) is 1.75. The molecule has 1 unspecified atom stereocenters. The fraction of sp³-hybridized carbons (Fsp3) is 0.333. The number of amides is 1. The van der Waals surface area contributed by atoms with Crippen LogP contribution in [0.1, 0.15) is 18.1 Å². The van der Waals surface area contributed by atoms with E-state index in [1.807, 2.05) is 0 Å². The highest BCUT2D eigenvalue weighted by Gasteiger charge is 2.30. The molecule has 1 aromatic carbocycles. The predicted octanol–water partition coefficient (Wildman–Crippen LogP) is 4.00. The predicted molar refractivity (Wildman–Crippen MR) is 79.8 cm³/mol. The Morgan fingerprint density at radius 1 is 1.32 bits per heavy atom. The zero-order valence-corrected chi connectivity index (χ0v) is 12.9. The number of anilines is 1. The molecule has 0 fully saturated rings. The number of rotatable bonds is 4. The zero-order chi connectivity index (χ0) is 16.3. The second-order valence-electron chi connectivity index (χ2n) is 5.01. The first-order valence-electron chi connectivity index (χ1n) is 6.62. The van der Waals surface area contributed by atoms with Crippen LogP contribution in [0.15, 0.2) is 35.8 Å². The van der Waals surface area contributed by atoms with Gasteiger partial charge in [-0.15, -0.1) is 11.3 Å². The first-order chi connectivity index (χ1) is 10.3. The molecule has 0 bridgehead atoms. The van der Waals surface area contributed by atoms with Gasteiger partial charge < -0.3 is 0 Å². The molecule has 0 aliphatic rings. The first kappa shape index (κ1) is 16.5. The fourth-order valence-electron chi connectivity index (χ4n) is 2.08. The summed E-state index contributed by atoms with van der Waals surface area (Å²) in [5, 5.41) is 2.38. The molecule has 1 aromatic heterocycles. The van der Waals surface area contributed by atoms with Crippen molar-refractivity contribution in [3.05, 3.63) is 47.0 Å². The largest absolute Gasteiger partial charge is 0.416 e. The summed E-state index contributed by atoms with van der Waals surface area (Å²) in [5.74, 6) is -0.458. The van der Waals surface area contributed by atoms with Crippen molar-refractivity contribution >= 4 is 22.4 Å².